The summed E-state index contributed by atoms with van der Waals surface area (Å²) >= 11 is 7.41. The largest absolute Gasteiger partial charge is 0.294 e. The quantitative estimate of drug-likeness (QED) is 0.696. The number of fused-ring (bicyclic) bond motifs is 1. The van der Waals surface area contributed by atoms with E-state index in [9.17, 15) is 4.79 Å². The monoisotopic (exact) mass is 225 g/mol. The van der Waals surface area contributed by atoms with Gasteiger partial charge in [0.1, 0.15) is 0 Å². The number of hydrogen-bond donors (Lipinski definition) is 0. The van der Waals surface area contributed by atoms with E-state index in [2.05, 4.69) is 4.98 Å². The summed E-state index contributed by atoms with van der Waals surface area (Å²) in [6.45, 7) is 3.46. The summed E-state index contributed by atoms with van der Waals surface area (Å²) < 4.78 is 0.930. The number of halogens is 1. The van der Waals surface area contributed by atoms with Gasteiger partial charge in [-0.25, -0.2) is 4.98 Å². The van der Waals surface area contributed by atoms with Gasteiger partial charge in [0, 0.05) is 10.6 Å². The lowest BCUT2D eigenvalue weighted by atomic mass is 10.1. The molecule has 0 fully saturated rings. The van der Waals surface area contributed by atoms with E-state index in [4.69, 9.17) is 11.6 Å². The van der Waals surface area contributed by atoms with E-state index in [0.29, 0.717) is 10.6 Å². The number of carbonyl (C=O) groups is 1. The summed E-state index contributed by atoms with van der Waals surface area (Å²) in [5.74, 6) is 0.0288. The van der Waals surface area contributed by atoms with Crippen molar-refractivity contribution in [2.45, 2.75) is 13.8 Å². The third-order valence-electron chi connectivity index (χ3n) is 1.94. The molecule has 1 aromatic heterocycles. The summed E-state index contributed by atoms with van der Waals surface area (Å²) in [7, 11) is 0. The molecule has 0 spiro atoms. The molecule has 1 aromatic carbocycles. The fourth-order valence-corrected chi connectivity index (χ4v) is 2.54. The van der Waals surface area contributed by atoms with Gasteiger partial charge in [-0.3, -0.25) is 4.79 Å². The van der Waals surface area contributed by atoms with Gasteiger partial charge in [-0.2, -0.15) is 0 Å². The van der Waals surface area contributed by atoms with Crippen molar-refractivity contribution >= 4 is 38.9 Å². The van der Waals surface area contributed by atoms with E-state index in [-0.39, 0.29) is 5.78 Å². The standard InChI is InChI=1S/C10H8ClNOS/c1-5(13)8-3-7(11)4-9-10(8)14-6(2)12-9/h3-4H,1-2H3. The van der Waals surface area contributed by atoms with Crippen LogP contribution in [0.4, 0.5) is 0 Å². The van der Waals surface area contributed by atoms with E-state index in [0.717, 1.165) is 15.2 Å². The lowest BCUT2D eigenvalue weighted by Crippen LogP contribution is -1.91. The van der Waals surface area contributed by atoms with E-state index >= 15 is 0 Å². The Balaban J connectivity index is 2.85. The van der Waals surface area contributed by atoms with Gasteiger partial charge in [0.25, 0.3) is 0 Å². The minimum Gasteiger partial charge on any atom is -0.294 e. The average molecular weight is 226 g/mol. The Bertz CT molecular complexity index is 518. The van der Waals surface area contributed by atoms with Crippen LogP contribution in [0.25, 0.3) is 10.2 Å². The Hall–Kier alpha value is -0.930. The summed E-state index contributed by atoms with van der Waals surface area (Å²) in [5.41, 5.74) is 1.48. The molecular formula is C10H8ClNOS. The summed E-state index contributed by atoms with van der Waals surface area (Å²) in [5, 5.41) is 1.51. The van der Waals surface area contributed by atoms with Crippen LogP contribution in [0.15, 0.2) is 12.1 Å². The predicted molar refractivity (Wildman–Crippen MR) is 59.4 cm³/mol. The molecule has 0 radical (unpaired) electrons. The number of thiazole rings is 1. The second-order valence-electron chi connectivity index (χ2n) is 3.09. The van der Waals surface area contributed by atoms with Crippen molar-refractivity contribution in [3.8, 4) is 0 Å². The molecule has 0 amide bonds. The molecule has 0 unspecified atom stereocenters. The maximum atomic E-state index is 11.3. The first-order valence-corrected chi connectivity index (χ1v) is 5.35. The molecule has 0 saturated carbocycles. The Morgan fingerprint density at radius 2 is 2.21 bits per heavy atom. The van der Waals surface area contributed by atoms with Crippen LogP contribution in [-0.2, 0) is 0 Å². The smallest absolute Gasteiger partial charge is 0.161 e. The fourth-order valence-electron chi connectivity index (χ4n) is 1.37. The molecule has 2 aromatic rings. The SMILES string of the molecule is CC(=O)c1cc(Cl)cc2nc(C)sc12. The van der Waals surface area contributed by atoms with Gasteiger partial charge < -0.3 is 0 Å². The minimum absolute atomic E-state index is 0.0288. The average Bonchev–Trinajstić information content (AvgIpc) is 2.42. The molecule has 72 valence electrons. The number of carbonyl (C=O) groups excluding carboxylic acids is 1. The van der Waals surface area contributed by atoms with Crippen molar-refractivity contribution in [3.05, 3.63) is 27.7 Å². The lowest BCUT2D eigenvalue weighted by Gasteiger charge is -1.97. The van der Waals surface area contributed by atoms with E-state index < -0.39 is 0 Å². The van der Waals surface area contributed by atoms with Crippen molar-refractivity contribution in [3.63, 3.8) is 0 Å². The van der Waals surface area contributed by atoms with Crippen LogP contribution in [0.2, 0.25) is 5.02 Å². The summed E-state index contributed by atoms with van der Waals surface area (Å²) in [6.07, 6.45) is 0. The molecule has 0 aliphatic rings. The number of Topliss-reactive ketones (excluding diaryl/α,β-unsaturated/α-hetero) is 1. The maximum Gasteiger partial charge on any atom is 0.161 e. The molecule has 0 N–H and O–H groups in total. The van der Waals surface area contributed by atoms with Crippen LogP contribution in [0.5, 0.6) is 0 Å². The van der Waals surface area contributed by atoms with Gasteiger partial charge in [-0.1, -0.05) is 11.6 Å². The van der Waals surface area contributed by atoms with Gasteiger partial charge >= 0.3 is 0 Å². The maximum absolute atomic E-state index is 11.3. The molecule has 0 aliphatic carbocycles. The van der Waals surface area contributed by atoms with E-state index in [1.807, 2.05) is 6.92 Å². The molecule has 14 heavy (non-hydrogen) atoms. The number of hydrogen-bond acceptors (Lipinski definition) is 3. The zero-order valence-electron chi connectivity index (χ0n) is 7.80. The molecule has 0 saturated heterocycles. The van der Waals surface area contributed by atoms with Crippen molar-refractivity contribution in [1.29, 1.82) is 0 Å². The summed E-state index contributed by atoms with van der Waals surface area (Å²) in [4.78, 5) is 15.6. The number of benzene rings is 1. The predicted octanol–water partition coefficient (Wildman–Crippen LogP) is 3.46. The van der Waals surface area contributed by atoms with Gasteiger partial charge in [0.05, 0.1) is 15.2 Å². The van der Waals surface area contributed by atoms with Crippen LogP contribution in [0.1, 0.15) is 22.3 Å². The number of aryl methyl sites for hydroxylation is 1. The van der Waals surface area contributed by atoms with Crippen LogP contribution < -0.4 is 0 Å². The van der Waals surface area contributed by atoms with Crippen molar-refractivity contribution in [2.24, 2.45) is 0 Å². The molecule has 2 nitrogen and oxygen atoms in total. The van der Waals surface area contributed by atoms with Gasteiger partial charge in [-0.15, -0.1) is 11.3 Å². The molecular weight excluding hydrogens is 218 g/mol. The number of nitrogens with zero attached hydrogens (tertiary/aromatic N) is 1. The first-order chi connectivity index (χ1) is 6.58. The highest BCUT2D eigenvalue weighted by atomic mass is 35.5. The minimum atomic E-state index is 0.0288. The Morgan fingerprint density at radius 3 is 2.86 bits per heavy atom. The zero-order chi connectivity index (χ0) is 10.3. The molecule has 4 heteroatoms. The molecule has 0 atom stereocenters. The molecule has 2 rings (SSSR count). The highest BCUT2D eigenvalue weighted by molar-refractivity contribution is 7.18. The second-order valence-corrected chi connectivity index (χ2v) is 4.73. The molecule has 0 aliphatic heterocycles. The number of ketones is 1. The van der Waals surface area contributed by atoms with Crippen LogP contribution in [0.3, 0.4) is 0 Å². The van der Waals surface area contributed by atoms with Crippen molar-refractivity contribution in [1.82, 2.24) is 4.98 Å². The summed E-state index contributed by atoms with van der Waals surface area (Å²) in [6, 6.07) is 3.48. The van der Waals surface area contributed by atoms with Gasteiger partial charge in [-0.05, 0) is 26.0 Å². The first-order valence-electron chi connectivity index (χ1n) is 4.15. The van der Waals surface area contributed by atoms with Crippen LogP contribution in [-0.4, -0.2) is 10.8 Å². The van der Waals surface area contributed by atoms with Gasteiger partial charge in [0.2, 0.25) is 0 Å². The zero-order valence-corrected chi connectivity index (χ0v) is 9.37. The van der Waals surface area contributed by atoms with E-state index in [1.165, 1.54) is 11.3 Å². The van der Waals surface area contributed by atoms with Crippen LogP contribution in [0, 0.1) is 6.92 Å². The van der Waals surface area contributed by atoms with E-state index in [1.54, 1.807) is 19.1 Å². The fraction of sp³-hybridized carbons (Fsp3) is 0.200. The molecule has 1 heterocycles. The first kappa shape index (κ1) is 9.62. The topological polar surface area (TPSA) is 30.0 Å². The van der Waals surface area contributed by atoms with Gasteiger partial charge in [0.15, 0.2) is 5.78 Å². The highest BCUT2D eigenvalue weighted by Crippen LogP contribution is 2.29. The van der Waals surface area contributed by atoms with Crippen LogP contribution >= 0.6 is 22.9 Å². The normalized spacial score (nSPS) is 10.8. The third-order valence-corrected chi connectivity index (χ3v) is 3.18. The second kappa shape index (κ2) is 3.33. The number of rotatable bonds is 1. The lowest BCUT2D eigenvalue weighted by molar-refractivity contribution is 0.101. The third kappa shape index (κ3) is 1.53. The highest BCUT2D eigenvalue weighted by Gasteiger charge is 2.10. The number of aromatic nitrogens is 1. The Kier molecular flexibility index (Phi) is 2.29. The molecule has 0 bridgehead atoms. The van der Waals surface area contributed by atoms with Crippen molar-refractivity contribution < 1.29 is 4.79 Å². The van der Waals surface area contributed by atoms with Crippen molar-refractivity contribution in [2.75, 3.05) is 0 Å². The Morgan fingerprint density at radius 1 is 1.50 bits per heavy atom. The Labute approximate surface area is 90.5 Å².